The number of rotatable bonds is 0. The molecule has 0 saturated heterocycles. The molecule has 0 bridgehead atoms. The van der Waals surface area contributed by atoms with Crippen LogP contribution in [0.5, 0.6) is 0 Å². The van der Waals surface area contributed by atoms with Crippen LogP contribution in [0.2, 0.25) is 0 Å². The Kier molecular flexibility index (Phi) is 3.13. The van der Waals surface area contributed by atoms with Gasteiger partial charge in [-0.05, 0) is 60.6 Å². The molecule has 0 atom stereocenters. The molecule has 1 aromatic heterocycles. The summed E-state index contributed by atoms with van der Waals surface area (Å²) >= 11 is 0. The van der Waals surface area contributed by atoms with E-state index < -0.39 is 0 Å². The first-order valence-corrected chi connectivity index (χ1v) is 12.3. The highest BCUT2D eigenvalue weighted by molar-refractivity contribution is 6.56. The van der Waals surface area contributed by atoms with Crippen molar-refractivity contribution in [3.63, 3.8) is 0 Å². The van der Waals surface area contributed by atoms with Gasteiger partial charge in [-0.2, -0.15) is 5.26 Å². The van der Waals surface area contributed by atoms with Gasteiger partial charge in [0.25, 0.3) is 11.1 Å². The van der Waals surface area contributed by atoms with E-state index in [1.807, 2.05) is 60.7 Å². The van der Waals surface area contributed by atoms with E-state index in [9.17, 15) is 14.9 Å². The fraction of sp³-hybridized carbons (Fsp3) is 0.0303. The number of aromatic nitrogens is 1. The highest BCUT2D eigenvalue weighted by Crippen LogP contribution is 2.56. The zero-order valence-corrected chi connectivity index (χ0v) is 19.9. The van der Waals surface area contributed by atoms with Crippen molar-refractivity contribution in [3.05, 3.63) is 98.4 Å². The summed E-state index contributed by atoms with van der Waals surface area (Å²) in [6, 6.07) is 21.9. The summed E-state index contributed by atoms with van der Waals surface area (Å²) in [5.74, 6) is 0. The summed E-state index contributed by atoms with van der Waals surface area (Å²) in [5, 5.41) is 23.4. The van der Waals surface area contributed by atoms with Crippen molar-refractivity contribution in [2.75, 3.05) is 0 Å². The van der Waals surface area contributed by atoms with Crippen molar-refractivity contribution in [1.82, 2.24) is 4.57 Å². The van der Waals surface area contributed by atoms with E-state index in [0.29, 0.717) is 27.4 Å². The quantitative estimate of drug-likeness (QED) is 0.170. The van der Waals surface area contributed by atoms with Gasteiger partial charge in [-0.15, -0.1) is 0 Å². The maximum atomic E-state index is 13.8. The van der Waals surface area contributed by atoms with Gasteiger partial charge in [-0.1, -0.05) is 48.5 Å². The minimum Gasteiger partial charge on any atom is -0.277 e. The van der Waals surface area contributed by atoms with Crippen LogP contribution in [0.3, 0.4) is 0 Å². The second kappa shape index (κ2) is 6.06. The molecule has 5 heteroatoms. The zero-order valence-electron chi connectivity index (χ0n) is 19.9. The SMILES string of the molecule is [C-]#[N+]c1cc2c3ccccc3c3c4c(=O)n(C)c(=O)c4c4c5ccccc5c5cc(C#N)c1c1c5c4c3c21. The molecule has 9 rings (SSSR count). The van der Waals surface area contributed by atoms with E-state index in [0.717, 1.165) is 70.0 Å². The smallest absolute Gasteiger partial charge is 0.261 e. The third kappa shape index (κ3) is 1.82. The zero-order chi connectivity index (χ0) is 25.6. The lowest BCUT2D eigenvalue weighted by Crippen LogP contribution is -2.21. The van der Waals surface area contributed by atoms with Crippen molar-refractivity contribution in [2.24, 2.45) is 7.05 Å². The van der Waals surface area contributed by atoms with Crippen molar-refractivity contribution >= 4 is 91.9 Å². The first-order valence-electron chi connectivity index (χ1n) is 12.3. The molecule has 0 fully saturated rings. The Labute approximate surface area is 213 Å². The van der Waals surface area contributed by atoms with Crippen LogP contribution in [-0.2, 0) is 7.05 Å². The molecule has 0 aliphatic rings. The molecule has 1 heterocycles. The van der Waals surface area contributed by atoms with Gasteiger partial charge in [0.1, 0.15) is 0 Å². The summed E-state index contributed by atoms with van der Waals surface area (Å²) in [6.07, 6.45) is 0. The topological polar surface area (TPSA) is 67.2 Å². The maximum Gasteiger partial charge on any atom is 0.261 e. The molecule has 9 aromatic rings. The van der Waals surface area contributed by atoms with Crippen LogP contribution in [0.15, 0.2) is 70.3 Å². The Hall–Kier alpha value is -5.52. The van der Waals surface area contributed by atoms with Crippen molar-refractivity contribution < 1.29 is 0 Å². The Morgan fingerprint density at radius 1 is 0.632 bits per heavy atom. The normalized spacial score (nSPS) is 12.5. The molecule has 0 amide bonds. The lowest BCUT2D eigenvalue weighted by atomic mass is 9.88. The van der Waals surface area contributed by atoms with Gasteiger partial charge < -0.3 is 0 Å². The molecule has 0 aliphatic heterocycles. The minimum atomic E-state index is -0.303. The van der Waals surface area contributed by atoms with Crippen LogP contribution in [0.1, 0.15) is 5.56 Å². The van der Waals surface area contributed by atoms with Crippen LogP contribution in [0, 0.1) is 17.9 Å². The summed E-state index contributed by atoms with van der Waals surface area (Å²) in [7, 11) is 1.55. The molecule has 5 nitrogen and oxygen atoms in total. The summed E-state index contributed by atoms with van der Waals surface area (Å²) in [4.78, 5) is 31.4. The van der Waals surface area contributed by atoms with Crippen LogP contribution in [-0.4, -0.2) is 4.57 Å². The molecular weight excluding hydrogens is 470 g/mol. The van der Waals surface area contributed by atoms with E-state index >= 15 is 0 Å². The van der Waals surface area contributed by atoms with Crippen molar-refractivity contribution in [3.8, 4) is 6.07 Å². The second-order valence-corrected chi connectivity index (χ2v) is 10.1. The summed E-state index contributed by atoms with van der Waals surface area (Å²) in [6.45, 7) is 8.02. The number of nitrogens with zero attached hydrogens (tertiary/aromatic N) is 3. The molecule has 8 aromatic carbocycles. The van der Waals surface area contributed by atoms with Crippen LogP contribution < -0.4 is 11.1 Å². The molecule has 38 heavy (non-hydrogen) atoms. The van der Waals surface area contributed by atoms with E-state index in [1.54, 1.807) is 7.05 Å². The average Bonchev–Trinajstić information content (AvgIpc) is 3.42. The fourth-order valence-corrected chi connectivity index (χ4v) is 7.25. The molecule has 0 spiro atoms. The second-order valence-electron chi connectivity index (χ2n) is 10.1. The summed E-state index contributed by atoms with van der Waals surface area (Å²) in [5.41, 5.74) is 0.286. The molecule has 0 saturated carbocycles. The van der Waals surface area contributed by atoms with E-state index in [-0.39, 0.29) is 11.1 Å². The van der Waals surface area contributed by atoms with Gasteiger partial charge in [-0.3, -0.25) is 14.2 Å². The monoisotopic (exact) mass is 483 g/mol. The standard InChI is InChI=1S/C33H13N3O2/c1-35-21-12-20-16-8-4-6-10-18(16)24-29-26(20)27-22(21)14(13-34)11-19-15-7-3-5-9-17(15)23(28(29)25(19)27)30-31(24)33(38)36(2)32(30)37/h3-12H,2H3. The lowest BCUT2D eigenvalue weighted by Gasteiger charge is -2.13. The predicted octanol–water partition coefficient (Wildman–Crippen LogP) is 7.14. The Morgan fingerprint density at radius 2 is 1.08 bits per heavy atom. The highest BCUT2D eigenvalue weighted by atomic mass is 16.2. The lowest BCUT2D eigenvalue weighted by molar-refractivity contribution is 0.857. The molecule has 0 aliphatic carbocycles. The van der Waals surface area contributed by atoms with Gasteiger partial charge in [0.05, 0.1) is 29.0 Å². The third-order valence-corrected chi connectivity index (χ3v) is 8.63. The van der Waals surface area contributed by atoms with Gasteiger partial charge in [0.15, 0.2) is 5.69 Å². The van der Waals surface area contributed by atoms with Gasteiger partial charge in [-0.25, -0.2) is 4.85 Å². The van der Waals surface area contributed by atoms with Gasteiger partial charge in [0.2, 0.25) is 0 Å². The number of nitriles is 1. The highest BCUT2D eigenvalue weighted by Gasteiger charge is 2.31. The van der Waals surface area contributed by atoms with E-state index in [1.165, 1.54) is 4.57 Å². The van der Waals surface area contributed by atoms with Gasteiger partial charge in [0, 0.05) is 34.0 Å². The number of hydrogen-bond acceptors (Lipinski definition) is 3. The predicted molar refractivity (Wildman–Crippen MR) is 154 cm³/mol. The first kappa shape index (κ1) is 19.6. The summed E-state index contributed by atoms with van der Waals surface area (Å²) < 4.78 is 1.22. The Morgan fingerprint density at radius 3 is 1.58 bits per heavy atom. The van der Waals surface area contributed by atoms with E-state index in [4.69, 9.17) is 6.57 Å². The molecule has 172 valence electrons. The average molecular weight is 483 g/mol. The Bertz CT molecular complexity index is 2560. The molecule has 0 unspecified atom stereocenters. The third-order valence-electron chi connectivity index (χ3n) is 8.63. The van der Waals surface area contributed by atoms with Crippen LogP contribution in [0.4, 0.5) is 5.69 Å². The van der Waals surface area contributed by atoms with E-state index in [2.05, 4.69) is 10.9 Å². The van der Waals surface area contributed by atoms with Crippen LogP contribution >= 0.6 is 0 Å². The maximum absolute atomic E-state index is 13.8. The number of benzene rings is 7. The first-order chi connectivity index (χ1) is 18.6. The molecule has 0 radical (unpaired) electrons. The number of fused-ring (bicyclic) bond motifs is 9. The van der Waals surface area contributed by atoms with Gasteiger partial charge >= 0.3 is 0 Å². The van der Waals surface area contributed by atoms with Crippen molar-refractivity contribution in [2.45, 2.75) is 0 Å². The Balaban J connectivity index is 1.90. The molecular formula is C33H13N3O2. The van der Waals surface area contributed by atoms with Crippen LogP contribution in [0.25, 0.3) is 91.0 Å². The molecule has 0 N–H and O–H groups in total. The minimum absolute atomic E-state index is 0.303. The fourth-order valence-electron chi connectivity index (χ4n) is 7.25. The largest absolute Gasteiger partial charge is 0.277 e. The number of hydrogen-bond donors (Lipinski definition) is 0. The van der Waals surface area contributed by atoms with Crippen molar-refractivity contribution in [1.29, 1.82) is 5.26 Å².